The van der Waals surface area contributed by atoms with Crippen LogP contribution in [0.25, 0.3) is 0 Å². The second kappa shape index (κ2) is 9.05. The Hall–Kier alpha value is -2.59. The number of aliphatic hydroxyl groups is 1. The van der Waals surface area contributed by atoms with Crippen molar-refractivity contribution in [3.8, 4) is 11.8 Å². The van der Waals surface area contributed by atoms with Gasteiger partial charge in [-0.05, 0) is 24.6 Å². The molecule has 1 amide bonds. The summed E-state index contributed by atoms with van der Waals surface area (Å²) in [5, 5.41) is 21.4. The molecule has 1 aliphatic rings. The lowest BCUT2D eigenvalue weighted by Crippen LogP contribution is -2.45. The highest BCUT2D eigenvalue weighted by Gasteiger charge is 2.36. The maximum Gasteiger partial charge on any atom is 0.276 e. The first-order chi connectivity index (χ1) is 13.7. The van der Waals surface area contributed by atoms with Crippen molar-refractivity contribution in [2.75, 3.05) is 11.9 Å². The lowest BCUT2D eigenvalue weighted by Gasteiger charge is -2.20. The van der Waals surface area contributed by atoms with E-state index < -0.39 is 33.9 Å². The molecule has 2 atom stereocenters. The van der Waals surface area contributed by atoms with Crippen molar-refractivity contribution in [1.82, 2.24) is 9.29 Å². The highest BCUT2D eigenvalue weighted by Crippen LogP contribution is 2.33. The molecule has 0 saturated carbocycles. The Morgan fingerprint density at radius 2 is 2.23 bits per heavy atom. The third-order valence-electron chi connectivity index (χ3n) is 4.55. The van der Waals surface area contributed by atoms with Crippen LogP contribution in [0.2, 0.25) is 0 Å². The summed E-state index contributed by atoms with van der Waals surface area (Å²) < 4.78 is 48.1. The molecule has 0 spiro atoms. The molecule has 0 aliphatic carbocycles. The highest BCUT2D eigenvalue weighted by molar-refractivity contribution is 7.89. The molecule has 2 heterocycles. The fourth-order valence-electron chi connectivity index (χ4n) is 2.99. The van der Waals surface area contributed by atoms with Gasteiger partial charge in [0, 0.05) is 18.9 Å². The van der Waals surface area contributed by atoms with E-state index >= 15 is 0 Å². The summed E-state index contributed by atoms with van der Waals surface area (Å²) in [6.45, 7) is 1.54. The van der Waals surface area contributed by atoms with E-state index in [0.29, 0.717) is 6.42 Å². The normalized spacial score (nSPS) is 18.0. The predicted octanol–water partition coefficient (Wildman–Crippen LogP) is 1.21. The number of benzene rings is 1. The Balaban J connectivity index is 0.00000320. The van der Waals surface area contributed by atoms with Crippen molar-refractivity contribution in [3.05, 3.63) is 41.5 Å². The van der Waals surface area contributed by atoms with E-state index in [4.69, 9.17) is 10.00 Å². The van der Waals surface area contributed by atoms with Gasteiger partial charge in [-0.15, -0.1) is 0 Å². The molecule has 9 nitrogen and oxygen atoms in total. The Morgan fingerprint density at radius 1 is 1.53 bits per heavy atom. The maximum atomic E-state index is 13.5. The lowest BCUT2D eigenvalue weighted by atomic mass is 10.1. The number of carbonyl (C=O) groups excluding carboxylic acids is 1. The average Bonchev–Trinajstić information content (AvgIpc) is 2.96. The number of fused-ring (bicyclic) bond motifs is 1. The van der Waals surface area contributed by atoms with Gasteiger partial charge >= 0.3 is 0 Å². The van der Waals surface area contributed by atoms with E-state index in [1.165, 1.54) is 29.9 Å². The van der Waals surface area contributed by atoms with Crippen LogP contribution in [0, 0.1) is 17.1 Å². The van der Waals surface area contributed by atoms with Gasteiger partial charge in [-0.2, -0.15) is 18.8 Å². The molecule has 1 aromatic carbocycles. The topological polar surface area (TPSA) is 133 Å². The van der Waals surface area contributed by atoms with Crippen molar-refractivity contribution in [2.24, 2.45) is 7.05 Å². The van der Waals surface area contributed by atoms with Gasteiger partial charge in [0.05, 0.1) is 17.7 Å². The molecule has 2 aromatic rings. The molecule has 0 bridgehead atoms. The number of nitriles is 1. The summed E-state index contributed by atoms with van der Waals surface area (Å²) in [4.78, 5) is 12.6. The Bertz CT molecular complexity index is 1110. The second-order valence-corrected chi connectivity index (χ2v) is 8.24. The van der Waals surface area contributed by atoms with Gasteiger partial charge in [0.15, 0.2) is 11.4 Å². The highest BCUT2D eigenvalue weighted by atomic mass is 32.2. The number of aromatic nitrogens is 1. The standard InChI is InChI=1S/C18H19FN4O5S.H2S/c1-3-14(24)13-9-28-17-15(29(26,27)22-13)8-23(2)16(17)18(25)21-11-4-5-12(19)10(6-11)7-20;/h4-6,8,13-14,22,24H,3,9H2,1-2H3,(H,21,25);1H2/t13-,14?;/m0./s1. The van der Waals surface area contributed by atoms with Crippen molar-refractivity contribution >= 4 is 35.1 Å². The van der Waals surface area contributed by atoms with Gasteiger partial charge in [-0.25, -0.2) is 17.5 Å². The van der Waals surface area contributed by atoms with Crippen LogP contribution < -0.4 is 14.8 Å². The molecule has 0 saturated heterocycles. The summed E-state index contributed by atoms with van der Waals surface area (Å²) in [6.07, 6.45) is 0.593. The van der Waals surface area contributed by atoms with Gasteiger partial charge in [-0.1, -0.05) is 6.92 Å². The number of carbonyl (C=O) groups is 1. The van der Waals surface area contributed by atoms with E-state index in [1.54, 1.807) is 13.0 Å². The van der Waals surface area contributed by atoms with Gasteiger partial charge in [-0.3, -0.25) is 4.79 Å². The summed E-state index contributed by atoms with van der Waals surface area (Å²) >= 11 is 0. The number of aryl methyl sites for hydroxylation is 1. The SMILES string of the molecule is CCC(O)[C@@H]1COc2c(cn(C)c2C(=O)Nc2ccc(F)c(C#N)c2)S(=O)(=O)N1.S. The average molecular weight is 457 g/mol. The number of halogens is 1. The van der Waals surface area contributed by atoms with Crippen LogP contribution in [-0.2, 0) is 17.1 Å². The van der Waals surface area contributed by atoms with Crippen LogP contribution in [0.3, 0.4) is 0 Å². The van der Waals surface area contributed by atoms with Gasteiger partial charge in [0.2, 0.25) is 10.0 Å². The zero-order chi connectivity index (χ0) is 21.3. The number of nitrogens with zero attached hydrogens (tertiary/aromatic N) is 2. The molecular formula is C18H21FN4O5S2. The number of rotatable bonds is 4. The molecule has 30 heavy (non-hydrogen) atoms. The number of hydrogen-bond donors (Lipinski definition) is 3. The van der Waals surface area contributed by atoms with Gasteiger partial charge in [0.1, 0.15) is 23.4 Å². The molecular weight excluding hydrogens is 435 g/mol. The van der Waals surface area contributed by atoms with Crippen LogP contribution in [0.4, 0.5) is 10.1 Å². The first-order valence-corrected chi connectivity index (χ1v) is 10.2. The van der Waals surface area contributed by atoms with Crippen LogP contribution >= 0.6 is 13.5 Å². The number of sulfonamides is 1. The maximum absolute atomic E-state index is 13.5. The fourth-order valence-corrected chi connectivity index (χ4v) is 4.44. The molecule has 1 aromatic heterocycles. The molecule has 12 heteroatoms. The minimum atomic E-state index is -4.04. The quantitative estimate of drug-likeness (QED) is 0.633. The number of ether oxygens (including phenoxy) is 1. The summed E-state index contributed by atoms with van der Waals surface area (Å²) in [5.74, 6) is -1.57. The molecule has 3 rings (SSSR count). The zero-order valence-electron chi connectivity index (χ0n) is 16.1. The molecule has 1 unspecified atom stereocenters. The smallest absolute Gasteiger partial charge is 0.276 e. The predicted molar refractivity (Wildman–Crippen MR) is 111 cm³/mol. The second-order valence-electron chi connectivity index (χ2n) is 6.56. The largest absolute Gasteiger partial charge is 0.488 e. The van der Waals surface area contributed by atoms with Crippen LogP contribution in [0.5, 0.6) is 5.75 Å². The van der Waals surface area contributed by atoms with Crippen LogP contribution in [-0.4, -0.2) is 42.8 Å². The first kappa shape index (κ1) is 23.7. The van der Waals surface area contributed by atoms with E-state index in [9.17, 15) is 22.7 Å². The third-order valence-corrected chi connectivity index (χ3v) is 6.03. The minimum Gasteiger partial charge on any atom is -0.488 e. The number of nitrogens with one attached hydrogen (secondary N) is 2. The summed E-state index contributed by atoms with van der Waals surface area (Å²) in [6, 6.07) is 4.30. The molecule has 0 radical (unpaired) electrons. The van der Waals surface area contributed by atoms with Gasteiger partial charge in [0.25, 0.3) is 5.91 Å². The lowest BCUT2D eigenvalue weighted by molar-refractivity contribution is 0.0991. The first-order valence-electron chi connectivity index (χ1n) is 8.71. The van der Waals surface area contributed by atoms with E-state index in [-0.39, 0.29) is 47.7 Å². The van der Waals surface area contributed by atoms with E-state index in [0.717, 1.165) is 6.07 Å². The Kier molecular flexibility index (Phi) is 7.14. The number of amides is 1. The summed E-state index contributed by atoms with van der Waals surface area (Å²) in [5.41, 5.74) is -0.149. The van der Waals surface area contributed by atoms with E-state index in [2.05, 4.69) is 10.0 Å². The number of anilines is 1. The Morgan fingerprint density at radius 3 is 2.87 bits per heavy atom. The third kappa shape index (κ3) is 4.44. The van der Waals surface area contributed by atoms with Crippen LogP contribution in [0.1, 0.15) is 29.4 Å². The molecule has 1 aliphatic heterocycles. The molecule has 162 valence electrons. The number of aliphatic hydroxyl groups excluding tert-OH is 1. The van der Waals surface area contributed by atoms with Crippen molar-refractivity contribution in [3.63, 3.8) is 0 Å². The monoisotopic (exact) mass is 456 g/mol. The Labute approximate surface area is 180 Å². The molecule has 0 fully saturated rings. The summed E-state index contributed by atoms with van der Waals surface area (Å²) in [7, 11) is -2.56. The van der Waals surface area contributed by atoms with Gasteiger partial charge < -0.3 is 19.7 Å². The van der Waals surface area contributed by atoms with Crippen molar-refractivity contribution in [2.45, 2.75) is 30.4 Å². The zero-order valence-corrected chi connectivity index (χ0v) is 18.0. The minimum absolute atomic E-state index is 0. The van der Waals surface area contributed by atoms with E-state index in [1.807, 2.05) is 0 Å². The van der Waals surface area contributed by atoms with Crippen molar-refractivity contribution < 1.29 is 27.4 Å². The molecule has 3 N–H and O–H groups in total. The van der Waals surface area contributed by atoms with Crippen molar-refractivity contribution in [1.29, 1.82) is 5.26 Å². The number of hydrogen-bond acceptors (Lipinski definition) is 6. The van der Waals surface area contributed by atoms with Crippen LogP contribution in [0.15, 0.2) is 29.3 Å². The fraction of sp³-hybridized carbons (Fsp3) is 0.333.